The maximum Gasteiger partial charge on any atom is 0.165 e. The number of hydrogen-bond acceptors (Lipinski definition) is 2. The molecule has 4 heteroatoms. The molecular weight excluding hydrogens is 277 g/mol. The molecule has 0 radical (unpaired) electrons. The first-order valence-electron chi connectivity index (χ1n) is 6.39. The van der Waals surface area contributed by atoms with E-state index in [4.69, 9.17) is 16.3 Å². The molecule has 0 heterocycles. The summed E-state index contributed by atoms with van der Waals surface area (Å²) in [5.41, 5.74) is 2.15. The van der Waals surface area contributed by atoms with Crippen LogP contribution < -0.4 is 10.1 Å². The van der Waals surface area contributed by atoms with E-state index < -0.39 is 0 Å². The molecule has 1 unspecified atom stereocenters. The topological polar surface area (TPSA) is 21.3 Å². The van der Waals surface area contributed by atoms with Crippen molar-refractivity contribution in [3.05, 3.63) is 64.4 Å². The summed E-state index contributed by atoms with van der Waals surface area (Å²) in [6, 6.07) is 12.7. The van der Waals surface area contributed by atoms with E-state index in [0.717, 1.165) is 22.6 Å². The molecule has 0 saturated carbocycles. The van der Waals surface area contributed by atoms with Crippen LogP contribution in [0, 0.1) is 5.82 Å². The summed E-state index contributed by atoms with van der Waals surface area (Å²) in [5.74, 6) is -0.0866. The van der Waals surface area contributed by atoms with Crippen molar-refractivity contribution in [1.82, 2.24) is 5.32 Å². The second-order valence-electron chi connectivity index (χ2n) is 4.57. The van der Waals surface area contributed by atoms with Crippen molar-refractivity contribution in [3.63, 3.8) is 0 Å². The molecule has 2 rings (SSSR count). The molecule has 0 aliphatic heterocycles. The maximum atomic E-state index is 13.4. The van der Waals surface area contributed by atoms with E-state index >= 15 is 0 Å². The van der Waals surface area contributed by atoms with E-state index in [1.54, 1.807) is 12.1 Å². The van der Waals surface area contributed by atoms with Gasteiger partial charge < -0.3 is 10.1 Å². The third-order valence-corrected chi connectivity index (χ3v) is 3.53. The van der Waals surface area contributed by atoms with Gasteiger partial charge in [0.25, 0.3) is 0 Å². The molecule has 0 bridgehead atoms. The highest BCUT2D eigenvalue weighted by Gasteiger charge is 2.13. The summed E-state index contributed by atoms with van der Waals surface area (Å²) in [5, 5.41) is 3.96. The minimum atomic E-state index is -0.349. The Morgan fingerprint density at radius 3 is 2.50 bits per heavy atom. The number of halogens is 2. The van der Waals surface area contributed by atoms with Crippen LogP contribution in [0.5, 0.6) is 5.75 Å². The van der Waals surface area contributed by atoms with Gasteiger partial charge in [-0.25, -0.2) is 4.39 Å². The molecule has 0 spiro atoms. The highest BCUT2D eigenvalue weighted by molar-refractivity contribution is 6.30. The Balaban J connectivity index is 2.21. The highest BCUT2D eigenvalue weighted by Crippen LogP contribution is 2.25. The van der Waals surface area contributed by atoms with Crippen LogP contribution >= 0.6 is 11.6 Å². The summed E-state index contributed by atoms with van der Waals surface area (Å²) in [6.45, 7) is 0. The smallest absolute Gasteiger partial charge is 0.165 e. The summed E-state index contributed by atoms with van der Waals surface area (Å²) in [7, 11) is 3.35. The lowest BCUT2D eigenvalue weighted by Crippen LogP contribution is -2.19. The molecule has 20 heavy (non-hydrogen) atoms. The van der Waals surface area contributed by atoms with Crippen molar-refractivity contribution >= 4 is 11.6 Å². The van der Waals surface area contributed by atoms with Gasteiger partial charge in [-0.15, -0.1) is 0 Å². The van der Waals surface area contributed by atoms with Crippen LogP contribution in [0.25, 0.3) is 0 Å². The molecule has 0 saturated heterocycles. The SMILES string of the molecule is CNC(Cc1ccc(Cl)cc1)c1ccc(F)c(OC)c1. The number of ether oxygens (including phenoxy) is 1. The lowest BCUT2D eigenvalue weighted by atomic mass is 9.99. The van der Waals surface area contributed by atoms with E-state index in [1.165, 1.54) is 13.2 Å². The van der Waals surface area contributed by atoms with Gasteiger partial charge in [-0.3, -0.25) is 0 Å². The zero-order valence-corrected chi connectivity index (χ0v) is 12.2. The second kappa shape index (κ2) is 6.73. The Morgan fingerprint density at radius 1 is 1.20 bits per heavy atom. The van der Waals surface area contributed by atoms with Crippen LogP contribution in [0.15, 0.2) is 42.5 Å². The second-order valence-corrected chi connectivity index (χ2v) is 5.00. The minimum absolute atomic E-state index is 0.0886. The highest BCUT2D eigenvalue weighted by atomic mass is 35.5. The number of hydrogen-bond donors (Lipinski definition) is 1. The summed E-state index contributed by atoms with van der Waals surface area (Å²) in [6.07, 6.45) is 0.794. The zero-order valence-electron chi connectivity index (χ0n) is 11.5. The Morgan fingerprint density at radius 2 is 1.90 bits per heavy atom. The molecule has 0 aromatic heterocycles. The Bertz CT molecular complexity index is 571. The predicted molar refractivity (Wildman–Crippen MR) is 79.9 cm³/mol. The van der Waals surface area contributed by atoms with Gasteiger partial charge in [-0.1, -0.05) is 29.8 Å². The number of methoxy groups -OCH3 is 1. The first kappa shape index (κ1) is 14.8. The van der Waals surface area contributed by atoms with Crippen LogP contribution in [-0.2, 0) is 6.42 Å². The van der Waals surface area contributed by atoms with Crippen molar-refractivity contribution in [2.24, 2.45) is 0 Å². The van der Waals surface area contributed by atoms with Crippen LogP contribution in [0.2, 0.25) is 5.02 Å². The average Bonchev–Trinajstić information content (AvgIpc) is 2.47. The number of likely N-dealkylation sites (N-methyl/N-ethyl adjacent to an activating group) is 1. The van der Waals surface area contributed by atoms with Crippen molar-refractivity contribution in [2.75, 3.05) is 14.2 Å². The van der Waals surface area contributed by atoms with E-state index in [2.05, 4.69) is 5.32 Å². The van der Waals surface area contributed by atoms with E-state index in [-0.39, 0.29) is 17.6 Å². The molecule has 2 nitrogen and oxygen atoms in total. The standard InChI is InChI=1S/C16H17ClFNO/c1-19-15(9-11-3-6-13(17)7-4-11)12-5-8-14(18)16(10-12)20-2/h3-8,10,15,19H,9H2,1-2H3. The molecule has 0 fully saturated rings. The predicted octanol–water partition coefficient (Wildman–Crippen LogP) is 3.99. The lowest BCUT2D eigenvalue weighted by molar-refractivity contribution is 0.385. The Hall–Kier alpha value is -1.58. The van der Waals surface area contributed by atoms with Gasteiger partial charge in [0, 0.05) is 11.1 Å². The van der Waals surface area contributed by atoms with E-state index in [0.29, 0.717) is 0 Å². The number of rotatable bonds is 5. The van der Waals surface area contributed by atoms with E-state index in [9.17, 15) is 4.39 Å². The molecule has 0 aliphatic rings. The third kappa shape index (κ3) is 3.50. The first-order chi connectivity index (χ1) is 9.63. The molecule has 1 N–H and O–H groups in total. The van der Waals surface area contributed by atoms with Crippen molar-refractivity contribution < 1.29 is 9.13 Å². The van der Waals surface area contributed by atoms with Crippen molar-refractivity contribution in [3.8, 4) is 5.75 Å². The first-order valence-corrected chi connectivity index (χ1v) is 6.77. The quantitative estimate of drug-likeness (QED) is 0.900. The van der Waals surface area contributed by atoms with Gasteiger partial charge in [-0.2, -0.15) is 0 Å². The van der Waals surface area contributed by atoms with Crippen molar-refractivity contribution in [2.45, 2.75) is 12.5 Å². The van der Waals surface area contributed by atoms with E-state index in [1.807, 2.05) is 31.3 Å². The summed E-state index contributed by atoms with van der Waals surface area (Å²) >= 11 is 5.88. The fourth-order valence-corrected chi connectivity index (χ4v) is 2.26. The Kier molecular flexibility index (Phi) is 4.99. The molecule has 0 amide bonds. The van der Waals surface area contributed by atoms with Crippen LogP contribution in [0.3, 0.4) is 0 Å². The molecule has 2 aromatic carbocycles. The largest absolute Gasteiger partial charge is 0.494 e. The summed E-state index contributed by atoms with van der Waals surface area (Å²) < 4.78 is 18.5. The molecular formula is C16H17ClFNO. The maximum absolute atomic E-state index is 13.4. The molecule has 1 atom stereocenters. The van der Waals surface area contributed by atoms with Gasteiger partial charge in [0.15, 0.2) is 11.6 Å². The van der Waals surface area contributed by atoms with Gasteiger partial charge in [0.2, 0.25) is 0 Å². The number of nitrogens with one attached hydrogen (secondary N) is 1. The monoisotopic (exact) mass is 293 g/mol. The van der Waals surface area contributed by atoms with Gasteiger partial charge >= 0.3 is 0 Å². The third-order valence-electron chi connectivity index (χ3n) is 3.28. The van der Waals surface area contributed by atoms with Crippen LogP contribution in [-0.4, -0.2) is 14.2 Å². The number of benzene rings is 2. The van der Waals surface area contributed by atoms with Crippen LogP contribution in [0.1, 0.15) is 17.2 Å². The normalized spacial score (nSPS) is 12.2. The van der Waals surface area contributed by atoms with Gasteiger partial charge in [0.05, 0.1) is 7.11 Å². The van der Waals surface area contributed by atoms with Crippen LogP contribution in [0.4, 0.5) is 4.39 Å². The zero-order chi connectivity index (χ0) is 14.5. The lowest BCUT2D eigenvalue weighted by Gasteiger charge is -2.18. The summed E-state index contributed by atoms with van der Waals surface area (Å²) in [4.78, 5) is 0. The fourth-order valence-electron chi connectivity index (χ4n) is 2.14. The Labute approximate surface area is 123 Å². The fraction of sp³-hybridized carbons (Fsp3) is 0.250. The van der Waals surface area contributed by atoms with Crippen molar-refractivity contribution in [1.29, 1.82) is 0 Å². The van der Waals surface area contributed by atoms with Gasteiger partial charge in [-0.05, 0) is 48.9 Å². The molecule has 2 aromatic rings. The van der Waals surface area contributed by atoms with Gasteiger partial charge in [0.1, 0.15) is 0 Å². The molecule has 0 aliphatic carbocycles. The molecule has 106 valence electrons. The average molecular weight is 294 g/mol. The minimum Gasteiger partial charge on any atom is -0.494 e.